The second-order valence-corrected chi connectivity index (χ2v) is 5.91. The van der Waals surface area contributed by atoms with Gasteiger partial charge in [0.1, 0.15) is 0 Å². The smallest absolute Gasteiger partial charge is 0.341 e. The van der Waals surface area contributed by atoms with E-state index in [0.29, 0.717) is 11.4 Å². The van der Waals surface area contributed by atoms with Crippen LogP contribution in [0.3, 0.4) is 0 Å². The van der Waals surface area contributed by atoms with E-state index in [1.54, 1.807) is 19.2 Å². The molecule has 0 saturated carbocycles. The Morgan fingerprint density at radius 1 is 1.19 bits per heavy atom. The molecular formula is C17H17N3O5S. The summed E-state index contributed by atoms with van der Waals surface area (Å²) in [4.78, 5) is 35.4. The van der Waals surface area contributed by atoms with Crippen molar-refractivity contribution in [2.24, 2.45) is 0 Å². The Morgan fingerprint density at radius 2 is 1.92 bits per heavy atom. The number of hydrogen-bond acceptors (Lipinski definition) is 7. The number of carbonyl (C=O) groups excluding carboxylic acids is 2. The van der Waals surface area contributed by atoms with Crippen LogP contribution in [-0.2, 0) is 9.53 Å². The number of nitrogens with zero attached hydrogens (tertiary/aromatic N) is 1. The van der Waals surface area contributed by atoms with Gasteiger partial charge in [0.05, 0.1) is 16.2 Å². The molecule has 0 spiro atoms. The molecule has 0 heterocycles. The first-order valence-electron chi connectivity index (χ1n) is 7.52. The number of nitro groups is 1. The van der Waals surface area contributed by atoms with Crippen LogP contribution < -0.4 is 10.6 Å². The van der Waals surface area contributed by atoms with Gasteiger partial charge in [0.15, 0.2) is 6.61 Å². The summed E-state index contributed by atoms with van der Waals surface area (Å²) in [7, 11) is 1.57. The molecule has 2 rings (SSSR count). The van der Waals surface area contributed by atoms with E-state index in [0.717, 1.165) is 11.0 Å². The summed E-state index contributed by atoms with van der Waals surface area (Å²) in [6.45, 7) is -0.507. The van der Waals surface area contributed by atoms with Crippen molar-refractivity contribution in [3.05, 3.63) is 58.1 Å². The zero-order valence-electron chi connectivity index (χ0n) is 14.1. The Morgan fingerprint density at radius 3 is 2.58 bits per heavy atom. The Hall–Kier alpha value is -3.07. The molecule has 0 saturated heterocycles. The number of esters is 1. The molecule has 0 aliphatic heterocycles. The maximum absolute atomic E-state index is 12.2. The van der Waals surface area contributed by atoms with Gasteiger partial charge in [-0.05, 0) is 24.5 Å². The molecular weight excluding hydrogens is 358 g/mol. The van der Waals surface area contributed by atoms with Crippen molar-refractivity contribution in [2.75, 3.05) is 30.5 Å². The quantitative estimate of drug-likeness (QED) is 0.331. The van der Waals surface area contributed by atoms with Crippen LogP contribution in [0.1, 0.15) is 10.4 Å². The Labute approximate surface area is 154 Å². The van der Waals surface area contributed by atoms with E-state index in [1.165, 1.54) is 23.9 Å². The number of carbonyl (C=O) groups is 2. The van der Waals surface area contributed by atoms with E-state index in [9.17, 15) is 19.7 Å². The summed E-state index contributed by atoms with van der Waals surface area (Å²) in [5.41, 5.74) is 0.731. The lowest BCUT2D eigenvalue weighted by molar-refractivity contribution is -0.384. The van der Waals surface area contributed by atoms with Gasteiger partial charge in [0.25, 0.3) is 11.6 Å². The van der Waals surface area contributed by atoms with Gasteiger partial charge in [-0.2, -0.15) is 0 Å². The fourth-order valence-electron chi connectivity index (χ4n) is 2.18. The van der Waals surface area contributed by atoms with Crippen LogP contribution in [0.25, 0.3) is 0 Å². The van der Waals surface area contributed by atoms with Crippen LogP contribution in [0.2, 0.25) is 0 Å². The Balaban J connectivity index is 2.05. The highest BCUT2D eigenvalue weighted by molar-refractivity contribution is 7.98. The van der Waals surface area contributed by atoms with Crippen molar-refractivity contribution in [1.29, 1.82) is 0 Å². The lowest BCUT2D eigenvalue weighted by Gasteiger charge is -2.11. The molecule has 0 atom stereocenters. The molecule has 0 fully saturated rings. The van der Waals surface area contributed by atoms with Crippen LogP contribution in [0.15, 0.2) is 47.4 Å². The van der Waals surface area contributed by atoms with E-state index in [4.69, 9.17) is 4.74 Å². The molecule has 0 radical (unpaired) electrons. The molecule has 8 nitrogen and oxygen atoms in total. The molecule has 0 unspecified atom stereocenters. The average molecular weight is 375 g/mol. The van der Waals surface area contributed by atoms with Gasteiger partial charge in [-0.3, -0.25) is 14.9 Å². The molecule has 0 aliphatic rings. The number of non-ortho nitro benzene ring substituents is 1. The highest BCUT2D eigenvalue weighted by atomic mass is 32.2. The summed E-state index contributed by atoms with van der Waals surface area (Å²) >= 11 is 1.47. The van der Waals surface area contributed by atoms with Crippen LogP contribution in [0.4, 0.5) is 17.1 Å². The number of thioether (sulfide) groups is 1. The lowest BCUT2D eigenvalue weighted by Crippen LogP contribution is -2.21. The molecule has 26 heavy (non-hydrogen) atoms. The molecule has 136 valence electrons. The van der Waals surface area contributed by atoms with Gasteiger partial charge in [0, 0.05) is 29.8 Å². The normalized spacial score (nSPS) is 10.1. The van der Waals surface area contributed by atoms with Crippen LogP contribution in [-0.4, -0.2) is 36.7 Å². The van der Waals surface area contributed by atoms with Crippen molar-refractivity contribution in [3.63, 3.8) is 0 Å². The highest BCUT2D eigenvalue weighted by Crippen LogP contribution is 2.25. The second kappa shape index (κ2) is 8.86. The third-order valence-corrected chi connectivity index (χ3v) is 4.21. The molecule has 2 N–H and O–H groups in total. The van der Waals surface area contributed by atoms with E-state index >= 15 is 0 Å². The molecule has 1 amide bonds. The predicted molar refractivity (Wildman–Crippen MR) is 99.8 cm³/mol. The largest absolute Gasteiger partial charge is 0.452 e. The first-order valence-corrected chi connectivity index (χ1v) is 8.75. The number of ether oxygens (including phenoxy) is 1. The van der Waals surface area contributed by atoms with Crippen LogP contribution >= 0.6 is 11.8 Å². The number of anilines is 2. The monoisotopic (exact) mass is 375 g/mol. The summed E-state index contributed by atoms with van der Waals surface area (Å²) in [5, 5.41) is 16.3. The van der Waals surface area contributed by atoms with Crippen molar-refractivity contribution in [3.8, 4) is 0 Å². The SMILES string of the molecule is CNc1ccc([N+](=O)[O-])cc1C(=O)OCC(=O)Nc1ccccc1SC. The van der Waals surface area contributed by atoms with Crippen LogP contribution in [0.5, 0.6) is 0 Å². The van der Waals surface area contributed by atoms with Crippen LogP contribution in [0, 0.1) is 10.1 Å². The maximum atomic E-state index is 12.2. The Kier molecular flexibility index (Phi) is 6.56. The van der Waals surface area contributed by atoms with Crippen molar-refractivity contribution >= 4 is 40.7 Å². The third kappa shape index (κ3) is 4.73. The van der Waals surface area contributed by atoms with E-state index in [2.05, 4.69) is 10.6 Å². The fraction of sp³-hybridized carbons (Fsp3) is 0.176. The fourth-order valence-corrected chi connectivity index (χ4v) is 2.73. The van der Waals surface area contributed by atoms with Gasteiger partial charge in [-0.15, -0.1) is 11.8 Å². The molecule has 0 bridgehead atoms. The van der Waals surface area contributed by atoms with E-state index < -0.39 is 23.4 Å². The van der Waals surface area contributed by atoms with E-state index in [1.807, 2.05) is 18.4 Å². The number of para-hydroxylation sites is 1. The summed E-state index contributed by atoms with van der Waals surface area (Å²) in [6, 6.07) is 11.0. The first-order chi connectivity index (χ1) is 12.5. The van der Waals surface area contributed by atoms with Gasteiger partial charge in [-0.1, -0.05) is 12.1 Å². The first kappa shape index (κ1) is 19.3. The zero-order valence-corrected chi connectivity index (χ0v) is 15.0. The number of benzene rings is 2. The number of rotatable bonds is 7. The van der Waals surface area contributed by atoms with Gasteiger partial charge in [0.2, 0.25) is 0 Å². The molecule has 0 aliphatic carbocycles. The molecule has 0 aromatic heterocycles. The van der Waals surface area contributed by atoms with Gasteiger partial charge >= 0.3 is 5.97 Å². The number of hydrogen-bond donors (Lipinski definition) is 2. The van der Waals surface area contributed by atoms with Crippen molar-refractivity contribution in [1.82, 2.24) is 0 Å². The third-order valence-electron chi connectivity index (χ3n) is 3.42. The number of amides is 1. The summed E-state index contributed by atoms with van der Waals surface area (Å²) in [6.07, 6.45) is 1.88. The minimum absolute atomic E-state index is 0.0148. The second-order valence-electron chi connectivity index (χ2n) is 5.06. The number of nitrogens with one attached hydrogen (secondary N) is 2. The standard InChI is InChI=1S/C17H17N3O5S/c1-18-13-8-7-11(20(23)24)9-12(13)17(22)25-10-16(21)19-14-5-3-4-6-15(14)26-2/h3-9,18H,10H2,1-2H3,(H,19,21). The van der Waals surface area contributed by atoms with Crippen molar-refractivity contribution < 1.29 is 19.2 Å². The Bertz CT molecular complexity index is 841. The van der Waals surface area contributed by atoms with Gasteiger partial charge in [-0.25, -0.2) is 4.79 Å². The highest BCUT2D eigenvalue weighted by Gasteiger charge is 2.18. The molecule has 9 heteroatoms. The zero-order chi connectivity index (χ0) is 19.1. The minimum Gasteiger partial charge on any atom is -0.452 e. The summed E-state index contributed by atoms with van der Waals surface area (Å²) in [5.74, 6) is -1.33. The predicted octanol–water partition coefficient (Wildman–Crippen LogP) is 3.15. The summed E-state index contributed by atoms with van der Waals surface area (Å²) < 4.78 is 4.99. The lowest BCUT2D eigenvalue weighted by atomic mass is 10.1. The van der Waals surface area contributed by atoms with E-state index in [-0.39, 0.29) is 11.3 Å². The molecule has 2 aromatic carbocycles. The topological polar surface area (TPSA) is 111 Å². The average Bonchev–Trinajstić information content (AvgIpc) is 2.65. The number of nitro benzene ring substituents is 1. The maximum Gasteiger partial charge on any atom is 0.341 e. The molecule has 2 aromatic rings. The van der Waals surface area contributed by atoms with Gasteiger partial charge < -0.3 is 15.4 Å². The minimum atomic E-state index is -0.827. The van der Waals surface area contributed by atoms with Crippen molar-refractivity contribution in [2.45, 2.75) is 4.90 Å².